The highest BCUT2D eigenvalue weighted by molar-refractivity contribution is 6.34. The third-order valence-corrected chi connectivity index (χ3v) is 14.3. The average molecular weight is 939 g/mol. The molecular formula is C49H53ClF2N8O7. The number of nitrogens with zero attached hydrogens (tertiary/aromatic N) is 5. The smallest absolute Gasteiger partial charge is 0.329 e. The van der Waals surface area contributed by atoms with Crippen molar-refractivity contribution >= 4 is 52.1 Å². The Balaban J connectivity index is 0.798. The summed E-state index contributed by atoms with van der Waals surface area (Å²) in [4.78, 5) is 56.4. The van der Waals surface area contributed by atoms with E-state index in [-0.39, 0.29) is 70.0 Å². The second-order valence-corrected chi connectivity index (χ2v) is 18.1. The van der Waals surface area contributed by atoms with Crippen LogP contribution in [0.1, 0.15) is 66.4 Å². The van der Waals surface area contributed by atoms with Crippen LogP contribution in [0.3, 0.4) is 0 Å². The van der Waals surface area contributed by atoms with E-state index in [1.807, 2.05) is 60.4 Å². The van der Waals surface area contributed by atoms with Crippen LogP contribution in [0.2, 0.25) is 5.02 Å². The standard InChI is InChI=1S/C49H53ClF2N8O7/c1-28-40-38(26-35(51)43(50)42(40)41-34(45(53)62)15-16-37(65-3)44(41)52)67-49(28,30-7-5-4-6-8-30)27-54-31-11-9-29(10-12-31)47(63)59-21-19-58(20-22-59)23-24-66-32-13-14-33-36(25-32)57(2)56-46(33)60-18-17-39(61)55-48(60)64/h4-8,13-16,25-26,28-29,31,54H,9-12,17-24,27H2,1-3H3,(H2,53,62)(H,55,61,64). The summed E-state index contributed by atoms with van der Waals surface area (Å²) in [7, 11) is 3.10. The van der Waals surface area contributed by atoms with Crippen molar-refractivity contribution < 1.29 is 42.2 Å². The van der Waals surface area contributed by atoms with E-state index in [9.17, 15) is 19.2 Å². The first-order valence-electron chi connectivity index (χ1n) is 22.7. The number of nitrogens with two attached hydrogens (primary N) is 1. The molecule has 2 unspecified atom stereocenters. The number of rotatable bonds is 13. The topological polar surface area (TPSA) is 174 Å². The molecule has 352 valence electrons. The number of carbonyl (C=O) groups excluding carboxylic acids is 4. The Morgan fingerprint density at radius 3 is 2.43 bits per heavy atom. The summed E-state index contributed by atoms with van der Waals surface area (Å²) in [5, 5.41) is 11.0. The number of aryl methyl sites for hydroxylation is 1. The number of aromatic nitrogens is 2. The van der Waals surface area contributed by atoms with Crippen LogP contribution < -0.4 is 35.5 Å². The minimum Gasteiger partial charge on any atom is -0.494 e. The summed E-state index contributed by atoms with van der Waals surface area (Å²) in [6.45, 7) is 6.41. The molecule has 1 aliphatic carbocycles. The minimum absolute atomic E-state index is 0.0114. The van der Waals surface area contributed by atoms with Crippen molar-refractivity contribution in [2.45, 2.75) is 56.6 Å². The second-order valence-electron chi connectivity index (χ2n) is 17.7. The van der Waals surface area contributed by atoms with Crippen LogP contribution in [-0.4, -0.2) is 109 Å². The fraction of sp³-hybridized carbons (Fsp3) is 0.408. The van der Waals surface area contributed by atoms with Gasteiger partial charge in [-0.2, -0.15) is 5.10 Å². The van der Waals surface area contributed by atoms with Gasteiger partial charge in [0.15, 0.2) is 23.0 Å². The minimum atomic E-state index is -1.08. The molecule has 1 aromatic heterocycles. The Labute approximate surface area is 391 Å². The van der Waals surface area contributed by atoms with Crippen LogP contribution in [0.25, 0.3) is 22.0 Å². The first-order chi connectivity index (χ1) is 32.3. The summed E-state index contributed by atoms with van der Waals surface area (Å²) in [5.74, 6) is -2.16. The number of nitrogens with one attached hydrogen (secondary N) is 2. The summed E-state index contributed by atoms with van der Waals surface area (Å²) in [6, 6.07) is 18.6. The zero-order valence-corrected chi connectivity index (χ0v) is 38.3. The Kier molecular flexibility index (Phi) is 12.8. The van der Waals surface area contributed by atoms with Gasteiger partial charge in [0.25, 0.3) is 0 Å². The van der Waals surface area contributed by atoms with E-state index < -0.39 is 35.1 Å². The summed E-state index contributed by atoms with van der Waals surface area (Å²) in [5.41, 5.74) is 6.28. The molecule has 5 aromatic rings. The van der Waals surface area contributed by atoms with E-state index in [4.69, 9.17) is 31.5 Å². The molecule has 2 atom stereocenters. The predicted molar refractivity (Wildman–Crippen MR) is 248 cm³/mol. The van der Waals surface area contributed by atoms with Crippen molar-refractivity contribution in [3.63, 3.8) is 0 Å². The maximum Gasteiger partial charge on any atom is 0.329 e. The molecule has 18 heteroatoms. The van der Waals surface area contributed by atoms with E-state index in [2.05, 4.69) is 20.6 Å². The van der Waals surface area contributed by atoms with E-state index >= 15 is 8.78 Å². The summed E-state index contributed by atoms with van der Waals surface area (Å²) in [6.07, 6.45) is 3.20. The number of amides is 5. The maximum atomic E-state index is 16.2. The third-order valence-electron chi connectivity index (χ3n) is 14.0. The van der Waals surface area contributed by atoms with Crippen LogP contribution in [0.4, 0.5) is 19.4 Å². The Morgan fingerprint density at radius 2 is 1.73 bits per heavy atom. The number of piperazine rings is 1. The van der Waals surface area contributed by atoms with Gasteiger partial charge in [0.1, 0.15) is 23.9 Å². The first-order valence-corrected chi connectivity index (χ1v) is 23.0. The molecule has 15 nitrogen and oxygen atoms in total. The number of hydrogen-bond acceptors (Lipinski definition) is 10. The molecule has 67 heavy (non-hydrogen) atoms. The molecular weight excluding hydrogens is 886 g/mol. The molecule has 4 aromatic carbocycles. The number of imide groups is 1. The number of primary amides is 1. The van der Waals surface area contributed by atoms with Gasteiger partial charge in [-0.1, -0.05) is 48.9 Å². The van der Waals surface area contributed by atoms with Crippen LogP contribution in [0, 0.1) is 17.6 Å². The van der Waals surface area contributed by atoms with Crippen LogP contribution in [0.15, 0.2) is 66.7 Å². The lowest BCUT2D eigenvalue weighted by Gasteiger charge is -2.39. The lowest BCUT2D eigenvalue weighted by Crippen LogP contribution is -2.52. The number of methoxy groups -OCH3 is 1. The summed E-state index contributed by atoms with van der Waals surface area (Å²) < 4.78 is 51.8. The number of anilines is 1. The van der Waals surface area contributed by atoms with Gasteiger partial charge in [-0.05, 0) is 55.5 Å². The van der Waals surface area contributed by atoms with Gasteiger partial charge in [0.2, 0.25) is 17.7 Å². The van der Waals surface area contributed by atoms with Crippen LogP contribution in [0.5, 0.6) is 17.2 Å². The molecule has 4 N–H and O–H groups in total. The van der Waals surface area contributed by atoms with Gasteiger partial charge in [-0.3, -0.25) is 34.2 Å². The van der Waals surface area contributed by atoms with Crippen LogP contribution >= 0.6 is 11.6 Å². The molecule has 1 saturated carbocycles. The Bertz CT molecular complexity index is 2740. The zero-order chi connectivity index (χ0) is 47.1. The van der Waals surface area contributed by atoms with E-state index in [0.717, 1.165) is 55.2 Å². The third kappa shape index (κ3) is 8.64. The Hall–Kier alpha value is -6.30. The molecule has 9 rings (SSSR count). The SMILES string of the molecule is COc1ccc(C(N)=O)c(-c2c(Cl)c(F)cc3c2C(C)C(CNC2CCC(C(=O)N4CCN(CCOc5ccc6c(N7CCC(=O)NC7=O)nn(C)c6c5)CC4)CC2)(c2ccccc2)O3)c1F. The van der Waals surface area contributed by atoms with Crippen molar-refractivity contribution in [1.29, 1.82) is 0 Å². The highest BCUT2D eigenvalue weighted by atomic mass is 35.5. The van der Waals surface area contributed by atoms with Gasteiger partial charge in [0, 0.05) is 111 Å². The fourth-order valence-corrected chi connectivity index (χ4v) is 10.5. The lowest BCUT2D eigenvalue weighted by atomic mass is 9.77. The van der Waals surface area contributed by atoms with Crippen molar-refractivity contribution in [2.75, 3.05) is 64.4 Å². The molecule has 4 heterocycles. The van der Waals surface area contributed by atoms with Crippen molar-refractivity contribution in [2.24, 2.45) is 18.7 Å². The molecule has 5 amide bonds. The number of benzene rings is 4. The number of carbonyl (C=O) groups is 4. The molecule has 0 radical (unpaired) electrons. The van der Waals surface area contributed by atoms with E-state index in [0.29, 0.717) is 49.9 Å². The van der Waals surface area contributed by atoms with Gasteiger partial charge >= 0.3 is 6.03 Å². The largest absolute Gasteiger partial charge is 0.494 e. The fourth-order valence-electron chi connectivity index (χ4n) is 10.2. The average Bonchev–Trinajstić information content (AvgIpc) is 3.81. The lowest BCUT2D eigenvalue weighted by molar-refractivity contribution is -0.138. The molecule has 2 saturated heterocycles. The normalized spacial score (nSPS) is 22.1. The zero-order valence-electron chi connectivity index (χ0n) is 37.6. The quantitative estimate of drug-likeness (QED) is 0.119. The molecule has 3 fully saturated rings. The number of ether oxygens (including phenoxy) is 3. The molecule has 0 bridgehead atoms. The van der Waals surface area contributed by atoms with Gasteiger partial charge in [0.05, 0.1) is 23.2 Å². The molecule has 3 aliphatic heterocycles. The van der Waals surface area contributed by atoms with Crippen molar-refractivity contribution in [1.82, 2.24) is 30.2 Å². The van der Waals surface area contributed by atoms with Crippen molar-refractivity contribution in [3.8, 4) is 28.4 Å². The van der Waals surface area contributed by atoms with E-state index in [1.165, 1.54) is 30.2 Å². The number of halogens is 3. The monoisotopic (exact) mass is 938 g/mol. The van der Waals surface area contributed by atoms with Gasteiger partial charge < -0.3 is 30.2 Å². The number of fused-ring (bicyclic) bond motifs is 2. The summed E-state index contributed by atoms with van der Waals surface area (Å²) >= 11 is 6.68. The highest BCUT2D eigenvalue weighted by Gasteiger charge is 2.50. The number of hydrogen-bond donors (Lipinski definition) is 3. The van der Waals surface area contributed by atoms with E-state index in [1.54, 1.807) is 11.7 Å². The highest BCUT2D eigenvalue weighted by Crippen LogP contribution is 2.56. The van der Waals surface area contributed by atoms with Gasteiger partial charge in [-0.25, -0.2) is 13.6 Å². The maximum absolute atomic E-state index is 16.2. The van der Waals surface area contributed by atoms with Crippen molar-refractivity contribution in [3.05, 3.63) is 100 Å². The second kappa shape index (κ2) is 18.8. The van der Waals surface area contributed by atoms with Gasteiger partial charge in [-0.15, -0.1) is 0 Å². The Morgan fingerprint density at radius 1 is 0.985 bits per heavy atom. The first kappa shape index (κ1) is 45.8. The molecule has 4 aliphatic rings. The number of urea groups is 1. The predicted octanol–water partition coefficient (Wildman–Crippen LogP) is 6.49. The van der Waals surface area contributed by atoms with Crippen LogP contribution in [-0.2, 0) is 22.2 Å². The molecule has 0 spiro atoms.